The Morgan fingerprint density at radius 1 is 1.05 bits per heavy atom. The molecule has 0 bridgehead atoms. The van der Waals surface area contributed by atoms with Gasteiger partial charge in [-0.05, 0) is 19.3 Å². The minimum Gasteiger partial charge on any atom is -0.326 e. The normalized spacial score (nSPS) is 25.3. The van der Waals surface area contributed by atoms with Crippen molar-refractivity contribution in [2.75, 3.05) is 0 Å². The fourth-order valence-corrected chi connectivity index (χ4v) is 2.11. The van der Waals surface area contributed by atoms with Gasteiger partial charge in [-0.2, -0.15) is 16.8 Å². The van der Waals surface area contributed by atoms with Crippen LogP contribution < -0.4 is 11.5 Å². The second-order valence-electron chi connectivity index (χ2n) is 5.08. The predicted molar refractivity (Wildman–Crippen MR) is 81.2 cm³/mol. The Hall–Kier alpha value is -0.340. The monoisotopic (exact) mass is 366 g/mol. The summed E-state index contributed by atoms with van der Waals surface area (Å²) < 4.78 is 63.2. The molecule has 0 aliphatic heterocycles. The summed E-state index contributed by atoms with van der Waals surface area (Å²) in [6, 6.07) is 0.248. The lowest BCUT2D eigenvalue weighted by Crippen LogP contribution is -2.56. The minimum atomic E-state index is -4.67. The minimum absolute atomic E-state index is 0.0335. The largest absolute Gasteiger partial charge is 0.394 e. The van der Waals surface area contributed by atoms with E-state index in [1.807, 2.05) is 0 Å². The molecule has 0 spiro atoms. The van der Waals surface area contributed by atoms with E-state index in [1.54, 1.807) is 0 Å². The molecule has 0 unspecified atom stereocenters. The Morgan fingerprint density at radius 2 is 1.45 bits per heavy atom. The van der Waals surface area contributed by atoms with Crippen molar-refractivity contribution in [3.8, 4) is 0 Å². The van der Waals surface area contributed by atoms with Crippen molar-refractivity contribution < 1.29 is 35.0 Å². The molecule has 1 saturated carbocycles. The van der Waals surface area contributed by atoms with Crippen LogP contribution in [0.15, 0.2) is 0 Å². The van der Waals surface area contributed by atoms with E-state index in [9.17, 15) is 0 Å². The molecule has 1 fully saturated rings. The van der Waals surface area contributed by atoms with E-state index in [2.05, 4.69) is 6.92 Å². The number of hydrogen-bond acceptors (Lipinski definition) is 6. The SMILES string of the molecule is CCCC[C@@]1(N)CCCC[C@@H]1N.O=S(=O)(O)O.O=S(=O)(O)O. The summed E-state index contributed by atoms with van der Waals surface area (Å²) in [5, 5.41) is 0. The first-order valence-electron chi connectivity index (χ1n) is 6.63. The molecule has 0 aromatic rings. The predicted octanol–water partition coefficient (Wildman–Crippen LogP) is 0.470. The second kappa shape index (κ2) is 10.4. The highest BCUT2D eigenvalue weighted by molar-refractivity contribution is 7.80. The van der Waals surface area contributed by atoms with Gasteiger partial charge in [0, 0.05) is 11.6 Å². The molecule has 1 aliphatic carbocycles. The molecule has 8 N–H and O–H groups in total. The second-order valence-corrected chi connectivity index (χ2v) is 6.88. The van der Waals surface area contributed by atoms with Gasteiger partial charge in [-0.25, -0.2) is 0 Å². The molecule has 0 amide bonds. The fourth-order valence-electron chi connectivity index (χ4n) is 2.11. The van der Waals surface area contributed by atoms with E-state index in [-0.39, 0.29) is 11.6 Å². The Bertz CT molecular complexity index is 447. The van der Waals surface area contributed by atoms with Crippen molar-refractivity contribution in [3.05, 3.63) is 0 Å². The standard InChI is InChI=1S/C10H22N2.2H2O4S/c1-2-3-7-10(12)8-5-4-6-9(10)11;2*1-5(2,3)4/h9H,2-8,11-12H2,1H3;2*(H2,1,2,3,4)/t9-,10+;;/m0../s1. The molecular formula is C10H26N2O8S2. The molecule has 136 valence electrons. The van der Waals surface area contributed by atoms with Gasteiger partial charge < -0.3 is 11.5 Å². The molecular weight excluding hydrogens is 340 g/mol. The summed E-state index contributed by atoms with van der Waals surface area (Å²) in [7, 11) is -9.33. The highest BCUT2D eigenvalue weighted by Gasteiger charge is 2.33. The van der Waals surface area contributed by atoms with Crippen LogP contribution >= 0.6 is 0 Å². The van der Waals surface area contributed by atoms with Crippen molar-refractivity contribution in [2.24, 2.45) is 11.5 Å². The Kier molecular flexibility index (Phi) is 11.3. The maximum Gasteiger partial charge on any atom is 0.394 e. The summed E-state index contributed by atoms with van der Waals surface area (Å²) in [4.78, 5) is 0. The molecule has 2 atom stereocenters. The summed E-state index contributed by atoms with van der Waals surface area (Å²) >= 11 is 0. The zero-order chi connectivity index (χ0) is 18.0. The number of nitrogens with two attached hydrogens (primary N) is 2. The van der Waals surface area contributed by atoms with Gasteiger partial charge in [-0.3, -0.25) is 18.2 Å². The Morgan fingerprint density at radius 3 is 1.77 bits per heavy atom. The topological polar surface area (TPSA) is 201 Å². The van der Waals surface area contributed by atoms with E-state index in [0.29, 0.717) is 0 Å². The van der Waals surface area contributed by atoms with Crippen molar-refractivity contribution >= 4 is 20.8 Å². The van der Waals surface area contributed by atoms with Crippen LogP contribution in [0.2, 0.25) is 0 Å². The van der Waals surface area contributed by atoms with E-state index in [4.69, 9.17) is 46.5 Å². The summed E-state index contributed by atoms with van der Waals surface area (Å²) in [5.41, 5.74) is 12.3. The average Bonchev–Trinajstić information content (AvgIpc) is 2.26. The zero-order valence-corrected chi connectivity index (χ0v) is 14.1. The molecule has 0 aromatic carbocycles. The molecule has 0 radical (unpaired) electrons. The highest BCUT2D eigenvalue weighted by Crippen LogP contribution is 2.29. The number of hydrogen-bond donors (Lipinski definition) is 6. The quantitative estimate of drug-likeness (QED) is 0.381. The summed E-state index contributed by atoms with van der Waals surface area (Å²) in [6.45, 7) is 2.21. The van der Waals surface area contributed by atoms with Crippen LogP contribution in [-0.4, -0.2) is 46.6 Å². The van der Waals surface area contributed by atoms with E-state index in [0.717, 1.165) is 19.3 Å². The van der Waals surface area contributed by atoms with Crippen molar-refractivity contribution in [2.45, 2.75) is 63.5 Å². The van der Waals surface area contributed by atoms with Crippen LogP contribution in [0.3, 0.4) is 0 Å². The Labute approximate surface area is 131 Å². The summed E-state index contributed by atoms with van der Waals surface area (Å²) in [6.07, 6.45) is 8.37. The third kappa shape index (κ3) is 19.7. The first kappa shape index (κ1) is 23.9. The first-order valence-corrected chi connectivity index (χ1v) is 9.42. The van der Waals surface area contributed by atoms with Crippen molar-refractivity contribution in [1.82, 2.24) is 0 Å². The third-order valence-electron chi connectivity index (χ3n) is 3.14. The van der Waals surface area contributed by atoms with Crippen molar-refractivity contribution in [1.29, 1.82) is 0 Å². The lowest BCUT2D eigenvalue weighted by molar-refractivity contribution is 0.232. The van der Waals surface area contributed by atoms with Gasteiger partial charge in [0.1, 0.15) is 0 Å². The molecule has 0 aromatic heterocycles. The van der Waals surface area contributed by atoms with Crippen LogP contribution in [-0.2, 0) is 20.8 Å². The van der Waals surface area contributed by atoms with Crippen molar-refractivity contribution in [3.63, 3.8) is 0 Å². The fraction of sp³-hybridized carbons (Fsp3) is 1.00. The average molecular weight is 366 g/mol. The third-order valence-corrected chi connectivity index (χ3v) is 3.14. The van der Waals surface area contributed by atoms with Crippen LogP contribution in [0.4, 0.5) is 0 Å². The van der Waals surface area contributed by atoms with Gasteiger partial charge in [-0.15, -0.1) is 0 Å². The van der Waals surface area contributed by atoms with Gasteiger partial charge in [0.2, 0.25) is 0 Å². The number of rotatable bonds is 3. The first-order chi connectivity index (χ1) is 9.69. The Balaban J connectivity index is 0. The molecule has 0 heterocycles. The van der Waals surface area contributed by atoms with E-state index >= 15 is 0 Å². The molecule has 1 rings (SSSR count). The molecule has 10 nitrogen and oxygen atoms in total. The van der Waals surface area contributed by atoms with Gasteiger partial charge in [0.15, 0.2) is 0 Å². The van der Waals surface area contributed by atoms with Crippen LogP contribution in [0.5, 0.6) is 0 Å². The zero-order valence-electron chi connectivity index (χ0n) is 12.4. The van der Waals surface area contributed by atoms with Gasteiger partial charge in [0.05, 0.1) is 0 Å². The van der Waals surface area contributed by atoms with E-state index in [1.165, 1.54) is 25.7 Å². The lowest BCUT2D eigenvalue weighted by atomic mass is 9.75. The van der Waals surface area contributed by atoms with Gasteiger partial charge in [0.25, 0.3) is 0 Å². The van der Waals surface area contributed by atoms with Crippen LogP contribution in [0.1, 0.15) is 51.9 Å². The van der Waals surface area contributed by atoms with Gasteiger partial charge >= 0.3 is 20.8 Å². The maximum absolute atomic E-state index is 8.74. The lowest BCUT2D eigenvalue weighted by Gasteiger charge is -2.39. The number of unbranched alkanes of at least 4 members (excludes halogenated alkanes) is 1. The molecule has 0 saturated heterocycles. The van der Waals surface area contributed by atoms with Gasteiger partial charge in [-0.1, -0.05) is 32.6 Å². The molecule has 1 aliphatic rings. The highest BCUT2D eigenvalue weighted by atomic mass is 32.3. The molecule has 12 heteroatoms. The molecule has 22 heavy (non-hydrogen) atoms. The summed E-state index contributed by atoms with van der Waals surface area (Å²) in [5.74, 6) is 0. The van der Waals surface area contributed by atoms with E-state index < -0.39 is 20.8 Å². The maximum atomic E-state index is 8.74. The smallest absolute Gasteiger partial charge is 0.326 e. The van der Waals surface area contributed by atoms with Crippen LogP contribution in [0, 0.1) is 0 Å². The van der Waals surface area contributed by atoms with Crippen LogP contribution in [0.25, 0.3) is 0 Å².